The third kappa shape index (κ3) is 6.41. The number of sulfonamides is 1. The predicted molar refractivity (Wildman–Crippen MR) is 138 cm³/mol. The largest absolute Gasteiger partial charge is 0.497 e. The van der Waals surface area contributed by atoms with E-state index in [2.05, 4.69) is 46.1 Å². The normalized spacial score (nSPS) is 14.9. The first-order valence-electron chi connectivity index (χ1n) is 11.7. The first-order chi connectivity index (χ1) is 16.8. The number of nitrogens with one attached hydrogen (secondary N) is 2. The van der Waals surface area contributed by atoms with Gasteiger partial charge in [0.15, 0.2) is 0 Å². The van der Waals surface area contributed by atoms with E-state index in [-0.39, 0.29) is 16.7 Å². The van der Waals surface area contributed by atoms with Crippen LogP contribution in [0.5, 0.6) is 5.75 Å². The summed E-state index contributed by atoms with van der Waals surface area (Å²) in [6, 6.07) is 21.3. The van der Waals surface area contributed by atoms with E-state index in [1.165, 1.54) is 23.3 Å². The van der Waals surface area contributed by atoms with E-state index in [1.54, 1.807) is 43.5 Å². The van der Waals surface area contributed by atoms with Gasteiger partial charge in [-0.15, -0.1) is 0 Å². The number of anilines is 2. The van der Waals surface area contributed by atoms with Gasteiger partial charge in [0, 0.05) is 23.8 Å². The maximum Gasteiger partial charge on any atom is 0.261 e. The summed E-state index contributed by atoms with van der Waals surface area (Å²) in [5, 5.41) is 2.94. The lowest BCUT2D eigenvalue weighted by atomic mass is 9.95. The number of methoxy groups -OCH3 is 1. The Hall–Kier alpha value is -3.36. The molecule has 35 heavy (non-hydrogen) atoms. The quantitative estimate of drug-likeness (QED) is 0.477. The molecule has 0 saturated carbocycles. The second-order valence-corrected chi connectivity index (χ2v) is 10.5. The maximum atomic E-state index is 12.8. The highest BCUT2D eigenvalue weighted by Gasteiger charge is 2.25. The molecule has 0 radical (unpaired) electrons. The minimum Gasteiger partial charge on any atom is -0.497 e. The van der Waals surface area contributed by atoms with E-state index in [0.717, 1.165) is 32.5 Å². The number of carbonyl (C=O) groups excluding carboxylic acids is 1. The molecule has 0 atom stereocenters. The first kappa shape index (κ1) is 24.8. The molecule has 4 rings (SSSR count). The van der Waals surface area contributed by atoms with Crippen LogP contribution in [0.3, 0.4) is 0 Å². The van der Waals surface area contributed by atoms with E-state index >= 15 is 0 Å². The summed E-state index contributed by atoms with van der Waals surface area (Å²) in [5.74, 6) is 0.570. The molecule has 3 aromatic rings. The smallest absolute Gasteiger partial charge is 0.261 e. The number of hydrogen-bond acceptors (Lipinski definition) is 5. The molecule has 1 aliphatic rings. The van der Waals surface area contributed by atoms with Crippen LogP contribution in [-0.2, 0) is 21.4 Å². The zero-order valence-electron chi connectivity index (χ0n) is 20.0. The summed E-state index contributed by atoms with van der Waals surface area (Å²) >= 11 is 0. The highest BCUT2D eigenvalue weighted by molar-refractivity contribution is 7.92. The van der Waals surface area contributed by atoms with Crippen molar-refractivity contribution in [3.63, 3.8) is 0 Å². The Balaban J connectivity index is 1.29. The summed E-state index contributed by atoms with van der Waals surface area (Å²) < 4.78 is 33.0. The summed E-state index contributed by atoms with van der Waals surface area (Å²) in [4.78, 5) is 15.3. The van der Waals surface area contributed by atoms with Crippen molar-refractivity contribution in [2.75, 3.05) is 30.2 Å². The molecule has 2 N–H and O–H groups in total. The first-order valence-corrected chi connectivity index (χ1v) is 13.2. The van der Waals surface area contributed by atoms with Crippen molar-refractivity contribution < 1.29 is 17.9 Å². The van der Waals surface area contributed by atoms with Crippen molar-refractivity contribution in [1.29, 1.82) is 0 Å². The van der Waals surface area contributed by atoms with Crippen molar-refractivity contribution in [2.45, 2.75) is 31.2 Å². The number of piperidine rings is 1. The van der Waals surface area contributed by atoms with Crippen LogP contribution in [0.25, 0.3) is 0 Å². The van der Waals surface area contributed by atoms with Crippen molar-refractivity contribution in [3.05, 3.63) is 83.9 Å². The lowest BCUT2D eigenvalue weighted by Crippen LogP contribution is -2.37. The van der Waals surface area contributed by atoms with Crippen molar-refractivity contribution in [1.82, 2.24) is 4.90 Å². The number of benzene rings is 3. The van der Waals surface area contributed by atoms with Gasteiger partial charge in [0.05, 0.1) is 12.0 Å². The van der Waals surface area contributed by atoms with E-state index in [1.807, 2.05) is 0 Å². The molecule has 0 bridgehead atoms. The van der Waals surface area contributed by atoms with Gasteiger partial charge in [0.2, 0.25) is 5.91 Å². The molecule has 0 unspecified atom stereocenters. The number of carbonyl (C=O) groups is 1. The molecule has 1 saturated heterocycles. The summed E-state index contributed by atoms with van der Waals surface area (Å²) in [6.45, 7) is 4.78. The lowest BCUT2D eigenvalue weighted by molar-refractivity contribution is -0.121. The van der Waals surface area contributed by atoms with Crippen LogP contribution in [0, 0.1) is 12.8 Å². The molecule has 0 aliphatic carbocycles. The lowest BCUT2D eigenvalue weighted by Gasteiger charge is -2.31. The average molecular weight is 494 g/mol. The predicted octanol–water partition coefficient (Wildman–Crippen LogP) is 4.66. The molecule has 1 amide bonds. The number of hydrogen-bond donors (Lipinski definition) is 2. The topological polar surface area (TPSA) is 87.7 Å². The minimum atomic E-state index is -3.74. The molecule has 1 heterocycles. The second-order valence-electron chi connectivity index (χ2n) is 8.82. The Morgan fingerprint density at radius 2 is 1.57 bits per heavy atom. The van der Waals surface area contributed by atoms with E-state index in [4.69, 9.17) is 4.74 Å². The average Bonchev–Trinajstić information content (AvgIpc) is 2.86. The number of likely N-dealkylation sites (tertiary alicyclic amines) is 1. The van der Waals surface area contributed by atoms with Gasteiger partial charge in [0.25, 0.3) is 10.0 Å². The van der Waals surface area contributed by atoms with Gasteiger partial charge in [-0.25, -0.2) is 8.42 Å². The molecule has 0 spiro atoms. The van der Waals surface area contributed by atoms with Crippen LogP contribution in [0.1, 0.15) is 24.0 Å². The van der Waals surface area contributed by atoms with Gasteiger partial charge in [-0.2, -0.15) is 0 Å². The van der Waals surface area contributed by atoms with Gasteiger partial charge in [-0.1, -0.05) is 24.3 Å². The minimum absolute atomic E-state index is 0.0208. The van der Waals surface area contributed by atoms with E-state index < -0.39 is 10.0 Å². The Labute approximate surface area is 207 Å². The highest BCUT2D eigenvalue weighted by Crippen LogP contribution is 2.24. The van der Waals surface area contributed by atoms with Crippen molar-refractivity contribution in [2.24, 2.45) is 5.92 Å². The monoisotopic (exact) mass is 493 g/mol. The number of nitrogens with zero attached hydrogens (tertiary/aromatic N) is 1. The van der Waals surface area contributed by atoms with Gasteiger partial charge < -0.3 is 10.1 Å². The van der Waals surface area contributed by atoms with Gasteiger partial charge in [-0.05, 0) is 92.5 Å². The van der Waals surface area contributed by atoms with Crippen LogP contribution in [0.4, 0.5) is 11.4 Å². The third-order valence-electron chi connectivity index (χ3n) is 6.39. The van der Waals surface area contributed by atoms with Crippen LogP contribution in [-0.4, -0.2) is 39.4 Å². The SMILES string of the molecule is COc1ccc(NS(=O)(=O)c2ccc(NC(=O)C3CCN(Cc4ccccc4C)CC3)cc2)cc1. The molecular formula is C27H31N3O4S. The fourth-order valence-electron chi connectivity index (χ4n) is 4.22. The fourth-order valence-corrected chi connectivity index (χ4v) is 5.28. The van der Waals surface area contributed by atoms with E-state index in [0.29, 0.717) is 17.1 Å². The molecular weight excluding hydrogens is 462 g/mol. The summed E-state index contributed by atoms with van der Waals surface area (Å²) in [7, 11) is -2.19. The standard InChI is InChI=1S/C27H31N3O4S/c1-20-5-3-4-6-22(20)19-30-17-15-21(16-18-30)27(31)28-23-9-13-26(14-10-23)35(32,33)29-24-7-11-25(34-2)12-8-24/h3-14,21,29H,15-19H2,1-2H3,(H,28,31). The molecule has 1 fully saturated rings. The van der Waals surface area contributed by atoms with Gasteiger partial charge in [0.1, 0.15) is 5.75 Å². The molecule has 8 heteroatoms. The van der Waals surface area contributed by atoms with Crippen LogP contribution in [0.2, 0.25) is 0 Å². The number of amides is 1. The molecule has 184 valence electrons. The number of aryl methyl sites for hydroxylation is 1. The van der Waals surface area contributed by atoms with Crippen molar-refractivity contribution in [3.8, 4) is 5.75 Å². The number of ether oxygens (including phenoxy) is 1. The Morgan fingerprint density at radius 3 is 2.20 bits per heavy atom. The van der Waals surface area contributed by atoms with E-state index in [9.17, 15) is 13.2 Å². The van der Waals surface area contributed by atoms with Gasteiger partial charge in [-0.3, -0.25) is 14.4 Å². The second kappa shape index (κ2) is 10.9. The third-order valence-corrected chi connectivity index (χ3v) is 7.79. The maximum absolute atomic E-state index is 12.8. The fraction of sp³-hybridized carbons (Fsp3) is 0.296. The number of rotatable bonds is 8. The van der Waals surface area contributed by atoms with Crippen LogP contribution >= 0.6 is 0 Å². The van der Waals surface area contributed by atoms with Gasteiger partial charge >= 0.3 is 0 Å². The van der Waals surface area contributed by atoms with Crippen LogP contribution in [0.15, 0.2) is 77.7 Å². The molecule has 7 nitrogen and oxygen atoms in total. The summed E-state index contributed by atoms with van der Waals surface area (Å²) in [6.07, 6.45) is 1.60. The highest BCUT2D eigenvalue weighted by atomic mass is 32.2. The Bertz CT molecular complexity index is 1250. The van der Waals surface area contributed by atoms with Crippen molar-refractivity contribution >= 4 is 27.3 Å². The zero-order valence-corrected chi connectivity index (χ0v) is 20.8. The molecule has 3 aromatic carbocycles. The zero-order chi connectivity index (χ0) is 24.8. The summed E-state index contributed by atoms with van der Waals surface area (Å²) in [5.41, 5.74) is 3.64. The Kier molecular flexibility index (Phi) is 7.73. The molecule has 0 aromatic heterocycles. The Morgan fingerprint density at radius 1 is 0.943 bits per heavy atom. The molecule has 1 aliphatic heterocycles. The van der Waals surface area contributed by atoms with Crippen LogP contribution < -0.4 is 14.8 Å².